The van der Waals surface area contributed by atoms with Crippen LogP contribution in [-0.4, -0.2) is 184 Å². The molecule has 0 bridgehead atoms. The predicted molar refractivity (Wildman–Crippen MR) is 264 cm³/mol. The maximum absolute atomic E-state index is 13.7. The molecule has 0 aliphatic carbocycles. The van der Waals surface area contributed by atoms with Crippen molar-refractivity contribution in [1.29, 1.82) is 0 Å². The van der Waals surface area contributed by atoms with Crippen LogP contribution in [0.1, 0.15) is 85.8 Å². The highest BCUT2D eigenvalue weighted by Crippen LogP contribution is 2.10. The Balaban J connectivity index is 3.14. The van der Waals surface area contributed by atoms with Crippen LogP contribution in [0.15, 0.2) is 17.5 Å². The number of nitrogens with two attached hydrogens (primary N) is 3. The van der Waals surface area contributed by atoms with Gasteiger partial charge in [0.05, 0.1) is 32.2 Å². The molecule has 1 aromatic rings. The van der Waals surface area contributed by atoms with Crippen LogP contribution in [-0.2, 0) is 59.2 Å². The number of primary amides is 1. The van der Waals surface area contributed by atoms with Crippen LogP contribution in [0.4, 0.5) is 0 Å². The number of aliphatic hydroxyl groups is 3. The number of aliphatic hydroxyl groups excluding tert-OH is 3. The van der Waals surface area contributed by atoms with Crippen molar-refractivity contribution in [3.8, 4) is 0 Å². The van der Waals surface area contributed by atoms with E-state index in [1.807, 2.05) is 0 Å². The molecular weight excluding hydrogens is 977 g/mol. The van der Waals surface area contributed by atoms with E-state index in [2.05, 4.69) is 68.1 Å². The monoisotopic (exact) mass is 1050 g/mol. The van der Waals surface area contributed by atoms with Crippen molar-refractivity contribution < 1.29 is 68.1 Å². The number of guanidine groups is 1. The van der Waals surface area contributed by atoms with E-state index in [9.17, 15) is 68.1 Å². The number of carbonyl (C=O) groups excluding carboxylic acids is 11. The van der Waals surface area contributed by atoms with E-state index in [1.54, 1.807) is 13.8 Å². The summed E-state index contributed by atoms with van der Waals surface area (Å²) in [5.41, 5.74) is 16.3. The van der Waals surface area contributed by atoms with Gasteiger partial charge in [0.25, 0.3) is 0 Å². The highest BCUT2D eigenvalue weighted by molar-refractivity contribution is 5.98. The minimum absolute atomic E-state index is 0.00887. The maximum Gasteiger partial charge on any atom is 0.245 e. The second-order valence-corrected chi connectivity index (χ2v) is 18.0. The summed E-state index contributed by atoms with van der Waals surface area (Å²) in [4.78, 5) is 154. The lowest BCUT2D eigenvalue weighted by molar-refractivity contribution is -0.138. The molecule has 30 heteroatoms. The lowest BCUT2D eigenvalue weighted by atomic mass is 10.0. The molecule has 20 N–H and O–H groups in total. The molecule has 0 aromatic carbocycles. The van der Waals surface area contributed by atoms with Crippen LogP contribution >= 0.6 is 0 Å². The molecule has 0 saturated carbocycles. The molecule has 0 radical (unpaired) electrons. The number of amides is 11. The van der Waals surface area contributed by atoms with Gasteiger partial charge in [-0.3, -0.25) is 57.7 Å². The van der Waals surface area contributed by atoms with Crippen molar-refractivity contribution in [3.63, 3.8) is 0 Å². The lowest BCUT2D eigenvalue weighted by Crippen LogP contribution is -2.63. The van der Waals surface area contributed by atoms with E-state index in [0.717, 1.165) is 6.92 Å². The van der Waals surface area contributed by atoms with Crippen LogP contribution in [0.5, 0.6) is 0 Å². The molecule has 1 aromatic heterocycles. The average Bonchev–Trinajstić information content (AvgIpc) is 3.85. The van der Waals surface area contributed by atoms with Gasteiger partial charge in [0.1, 0.15) is 48.3 Å². The molecule has 0 saturated heterocycles. The first-order valence-corrected chi connectivity index (χ1v) is 23.9. The molecule has 1 rings (SSSR count). The van der Waals surface area contributed by atoms with E-state index in [4.69, 9.17) is 17.2 Å². The van der Waals surface area contributed by atoms with Crippen molar-refractivity contribution in [2.24, 2.45) is 34.0 Å². The maximum atomic E-state index is 13.7. The first-order chi connectivity index (χ1) is 34.7. The Morgan fingerprint density at radius 1 is 0.622 bits per heavy atom. The highest BCUT2D eigenvalue weighted by Gasteiger charge is 2.36. The Morgan fingerprint density at radius 2 is 1.16 bits per heavy atom. The van der Waals surface area contributed by atoms with Gasteiger partial charge in [-0.2, -0.15) is 0 Å². The Labute approximate surface area is 427 Å². The number of H-pyrrole nitrogens is 1. The zero-order chi connectivity index (χ0) is 56.2. The van der Waals surface area contributed by atoms with Gasteiger partial charge in [-0.25, -0.2) is 4.98 Å². The summed E-state index contributed by atoms with van der Waals surface area (Å²) in [7, 11) is 1.35. The minimum atomic E-state index is -1.80. The quantitative estimate of drug-likeness (QED) is 0.0173. The second-order valence-electron chi connectivity index (χ2n) is 18.0. The standard InChI is InChI=1S/C44H76N16O14/c1-21(2)14-27(56-36(67)23(5)53-38(69)28(15-25-16-49-20-52-25)54-32(65)12-8-11-31(45)64)39(70)60-35(24(6)63)43(74)58-30(19-62)41(72)59-34(22(3)4)42(73)57-29(18-61)40(71)55-26(10-9-13-50-44(46)47)37(68)51-17-33(66)48-7/h16,20-24,26-30,34-35,61-63H,8-15,17-19H2,1-7H3,(H2,45,64)(H,48,66)(H,49,52)(H,51,68)(H,53,69)(H,54,65)(H,55,71)(H,56,67)(H,57,73)(H,58,74)(H,59,72)(H,60,70)(H4,46,47,50)/t23-,24+,26-,27-,28-,29-,30-,34-,35-/m0/s1. The molecule has 0 aliphatic heterocycles. The molecule has 9 atom stereocenters. The van der Waals surface area contributed by atoms with Gasteiger partial charge in [-0.1, -0.05) is 27.7 Å². The zero-order valence-corrected chi connectivity index (χ0v) is 42.7. The Bertz CT molecular complexity index is 2080. The molecule has 0 fully saturated rings. The third-order valence-corrected chi connectivity index (χ3v) is 10.8. The van der Waals surface area contributed by atoms with Crippen LogP contribution in [0.3, 0.4) is 0 Å². The van der Waals surface area contributed by atoms with E-state index in [-0.39, 0.29) is 63.4 Å². The number of rotatable bonds is 34. The van der Waals surface area contributed by atoms with E-state index < -0.39 is 145 Å². The van der Waals surface area contributed by atoms with Crippen molar-refractivity contribution in [2.75, 3.05) is 33.4 Å². The number of imidazole rings is 1. The van der Waals surface area contributed by atoms with Gasteiger partial charge < -0.3 is 90.7 Å². The topological polar surface area (TPSA) is 488 Å². The molecule has 30 nitrogen and oxygen atoms in total. The predicted octanol–water partition coefficient (Wildman–Crippen LogP) is -7.51. The Kier molecular flexibility index (Phi) is 29.0. The summed E-state index contributed by atoms with van der Waals surface area (Å²) in [5, 5.41) is 54.8. The number of nitrogens with one attached hydrogen (secondary N) is 11. The third kappa shape index (κ3) is 24.3. The van der Waals surface area contributed by atoms with Gasteiger partial charge in [-0.15, -0.1) is 0 Å². The SMILES string of the molecule is CNC(=O)CNC(=O)[C@H](CCCN=C(N)N)NC(=O)[C@H](CO)NC(=O)[C@@H](NC(=O)[C@H](CO)NC(=O)[C@@H](NC(=O)[C@H](CC(C)C)NC(=O)[C@H](C)NC(=O)[C@H](Cc1cnc[nH]1)NC(=O)CCCC(N)=O)[C@@H](C)O)C(C)C. The van der Waals surface area contributed by atoms with Gasteiger partial charge in [-0.05, 0) is 51.4 Å². The largest absolute Gasteiger partial charge is 0.394 e. The van der Waals surface area contributed by atoms with Crippen molar-refractivity contribution in [3.05, 3.63) is 18.2 Å². The smallest absolute Gasteiger partial charge is 0.245 e. The van der Waals surface area contributed by atoms with E-state index in [1.165, 1.54) is 40.3 Å². The number of aromatic amines is 1. The summed E-state index contributed by atoms with van der Waals surface area (Å²) < 4.78 is 0. The normalized spacial score (nSPS) is 14.6. The van der Waals surface area contributed by atoms with Crippen molar-refractivity contribution >= 4 is 70.9 Å². The van der Waals surface area contributed by atoms with Gasteiger partial charge in [0, 0.05) is 44.7 Å². The number of nitrogens with zero attached hydrogens (tertiary/aromatic N) is 2. The number of aromatic nitrogens is 2. The number of hydrogen-bond donors (Lipinski definition) is 17. The third-order valence-electron chi connectivity index (χ3n) is 10.8. The second kappa shape index (κ2) is 33.3. The number of aliphatic imine (C=N–C) groups is 1. The first-order valence-electron chi connectivity index (χ1n) is 23.9. The molecule has 0 spiro atoms. The molecule has 11 amide bonds. The molecular formula is C44H76N16O14. The minimum Gasteiger partial charge on any atom is -0.394 e. The number of likely N-dealkylation sites (N-methyl/N-ethyl adjacent to an activating group) is 1. The highest BCUT2D eigenvalue weighted by atomic mass is 16.3. The van der Waals surface area contributed by atoms with Crippen LogP contribution in [0.2, 0.25) is 0 Å². The Hall–Kier alpha value is -7.47. The average molecular weight is 1050 g/mol. The summed E-state index contributed by atoms with van der Waals surface area (Å²) in [6.45, 7) is 6.54. The molecule has 1 heterocycles. The molecule has 0 unspecified atom stereocenters. The first kappa shape index (κ1) is 64.5. The Morgan fingerprint density at radius 3 is 1.68 bits per heavy atom. The van der Waals surface area contributed by atoms with Crippen LogP contribution < -0.4 is 70.4 Å². The fraction of sp³-hybridized carbons (Fsp3) is 0.659. The number of hydrogen-bond acceptors (Lipinski definition) is 16. The summed E-state index contributed by atoms with van der Waals surface area (Å²) in [5.74, 6) is -10.6. The van der Waals surface area contributed by atoms with E-state index >= 15 is 0 Å². The number of carbonyl (C=O) groups is 11. The molecule has 416 valence electrons. The fourth-order valence-corrected chi connectivity index (χ4v) is 6.68. The van der Waals surface area contributed by atoms with Crippen molar-refractivity contribution in [1.82, 2.24) is 63.1 Å². The summed E-state index contributed by atoms with van der Waals surface area (Å²) in [6.07, 6.45) is 1.20. The molecule has 74 heavy (non-hydrogen) atoms. The zero-order valence-electron chi connectivity index (χ0n) is 42.7. The van der Waals surface area contributed by atoms with Gasteiger partial charge in [0.15, 0.2) is 5.96 Å². The summed E-state index contributed by atoms with van der Waals surface area (Å²) >= 11 is 0. The molecule has 0 aliphatic rings. The van der Waals surface area contributed by atoms with Crippen LogP contribution in [0, 0.1) is 11.8 Å². The van der Waals surface area contributed by atoms with Gasteiger partial charge in [0.2, 0.25) is 65.0 Å². The summed E-state index contributed by atoms with van der Waals surface area (Å²) in [6, 6.07) is -11.9. The lowest BCUT2D eigenvalue weighted by Gasteiger charge is -2.29. The van der Waals surface area contributed by atoms with Gasteiger partial charge >= 0.3 is 0 Å². The van der Waals surface area contributed by atoms with E-state index in [0.29, 0.717) is 5.69 Å². The van der Waals surface area contributed by atoms with Crippen LogP contribution in [0.25, 0.3) is 0 Å². The fourth-order valence-electron chi connectivity index (χ4n) is 6.68. The van der Waals surface area contributed by atoms with Crippen molar-refractivity contribution in [2.45, 2.75) is 141 Å².